The molecule has 0 spiro atoms. The first-order valence-electron chi connectivity index (χ1n) is 9.31. The van der Waals surface area contributed by atoms with E-state index in [-0.39, 0.29) is 5.75 Å². The topological polar surface area (TPSA) is 190 Å². The van der Waals surface area contributed by atoms with Crippen molar-refractivity contribution in [3.05, 3.63) is 24.3 Å². The number of aromatic hydroxyl groups is 1. The van der Waals surface area contributed by atoms with Gasteiger partial charge in [-0.25, -0.2) is 0 Å². The first-order chi connectivity index (χ1) is 14.3. The molecule has 2 aliphatic rings. The molecule has 0 bridgehead atoms. The maximum Gasteiger partial charge on any atom is 0.187 e. The van der Waals surface area contributed by atoms with Gasteiger partial charge in [-0.3, -0.25) is 0 Å². The Bertz CT molecular complexity index is 673. The second kappa shape index (κ2) is 10.1. The number of aliphatic hydroxyl groups is 7. The standard InChI is InChI=1S/C18H26O11S/c19-5-9-11(22)12(23)14(25)17(27-9)29-16-10(6-20)28-18(15(26)13(16)24)30-8-3-1-7(21)2-4-8/h1-4,9-26H,5-6H2/t9-,10-,11-,12+,13-,14-,15-,16-,17-,18+/m1/s1. The molecule has 0 unspecified atom stereocenters. The first-order valence-corrected chi connectivity index (χ1v) is 10.2. The Morgan fingerprint density at radius 2 is 1.40 bits per heavy atom. The van der Waals surface area contributed by atoms with Crippen molar-refractivity contribution in [1.82, 2.24) is 0 Å². The van der Waals surface area contributed by atoms with Gasteiger partial charge in [-0.2, -0.15) is 0 Å². The molecular weight excluding hydrogens is 424 g/mol. The quantitative estimate of drug-likeness (QED) is 0.221. The number of rotatable bonds is 6. The minimum absolute atomic E-state index is 0.0609. The maximum absolute atomic E-state index is 10.6. The van der Waals surface area contributed by atoms with Crippen LogP contribution in [-0.4, -0.2) is 115 Å². The second-order valence-corrected chi connectivity index (χ2v) is 8.29. The molecule has 2 heterocycles. The van der Waals surface area contributed by atoms with Crippen LogP contribution in [0, 0.1) is 0 Å². The smallest absolute Gasteiger partial charge is 0.187 e. The summed E-state index contributed by atoms with van der Waals surface area (Å²) >= 11 is 1.06. The molecular formula is C18H26O11S. The molecule has 0 aromatic heterocycles. The van der Waals surface area contributed by atoms with Gasteiger partial charge in [0.25, 0.3) is 0 Å². The van der Waals surface area contributed by atoms with Gasteiger partial charge in [-0.05, 0) is 24.3 Å². The van der Waals surface area contributed by atoms with Crippen LogP contribution >= 0.6 is 11.8 Å². The monoisotopic (exact) mass is 450 g/mol. The van der Waals surface area contributed by atoms with E-state index in [1.54, 1.807) is 12.1 Å². The van der Waals surface area contributed by atoms with E-state index in [0.717, 1.165) is 11.8 Å². The highest BCUT2D eigenvalue weighted by Gasteiger charge is 2.50. The lowest BCUT2D eigenvalue weighted by atomic mass is 9.97. The lowest BCUT2D eigenvalue weighted by Gasteiger charge is -2.46. The molecule has 3 rings (SSSR count). The molecule has 8 N–H and O–H groups in total. The summed E-state index contributed by atoms with van der Waals surface area (Å²) in [6.07, 6.45) is -13.2. The van der Waals surface area contributed by atoms with Gasteiger partial charge < -0.3 is 55.1 Å². The minimum atomic E-state index is -1.71. The number of thioether (sulfide) groups is 1. The fourth-order valence-corrected chi connectivity index (χ4v) is 4.37. The molecule has 2 fully saturated rings. The van der Waals surface area contributed by atoms with Crippen LogP contribution in [0.4, 0.5) is 0 Å². The van der Waals surface area contributed by atoms with Gasteiger partial charge in [0.2, 0.25) is 0 Å². The third-order valence-corrected chi connectivity index (χ3v) is 6.22. The van der Waals surface area contributed by atoms with Gasteiger partial charge >= 0.3 is 0 Å². The summed E-state index contributed by atoms with van der Waals surface area (Å²) in [5.74, 6) is 0.0609. The Morgan fingerprint density at radius 1 is 0.767 bits per heavy atom. The Kier molecular flexibility index (Phi) is 7.92. The number of hydrogen-bond acceptors (Lipinski definition) is 12. The predicted octanol–water partition coefficient (Wildman–Crippen LogP) is -2.89. The fourth-order valence-electron chi connectivity index (χ4n) is 3.31. The molecule has 2 saturated heterocycles. The molecule has 2 aliphatic heterocycles. The first kappa shape index (κ1) is 23.6. The van der Waals surface area contributed by atoms with Crippen LogP contribution < -0.4 is 0 Å². The summed E-state index contributed by atoms with van der Waals surface area (Å²) in [4.78, 5) is 0.633. The zero-order chi connectivity index (χ0) is 22.0. The highest BCUT2D eigenvalue weighted by atomic mass is 32.2. The van der Waals surface area contributed by atoms with Crippen molar-refractivity contribution in [1.29, 1.82) is 0 Å². The van der Waals surface area contributed by atoms with Gasteiger partial charge in [-0.15, -0.1) is 0 Å². The molecule has 12 heteroatoms. The average molecular weight is 450 g/mol. The predicted molar refractivity (Wildman–Crippen MR) is 100 cm³/mol. The molecule has 170 valence electrons. The van der Waals surface area contributed by atoms with Crippen molar-refractivity contribution >= 4 is 11.8 Å². The van der Waals surface area contributed by atoms with Crippen molar-refractivity contribution in [3.8, 4) is 5.75 Å². The number of hydrogen-bond donors (Lipinski definition) is 8. The third kappa shape index (κ3) is 4.89. The largest absolute Gasteiger partial charge is 0.508 e. The van der Waals surface area contributed by atoms with Crippen LogP contribution in [0.25, 0.3) is 0 Å². The molecule has 1 aromatic carbocycles. The van der Waals surface area contributed by atoms with E-state index < -0.39 is 73.8 Å². The molecule has 0 amide bonds. The molecule has 10 atom stereocenters. The SMILES string of the molecule is OC[C@H]1O[C@H](O[C@H]2[C@H](O)[C@@H](O)[C@H](Sc3ccc(O)cc3)O[C@@H]2CO)[C@H](O)[C@@H](O)[C@@H]1O. The number of phenolic OH excluding ortho intramolecular Hbond substituents is 1. The fraction of sp³-hybridized carbons (Fsp3) is 0.667. The third-order valence-electron chi connectivity index (χ3n) is 5.05. The minimum Gasteiger partial charge on any atom is -0.508 e. The summed E-state index contributed by atoms with van der Waals surface area (Å²) in [6.45, 7) is -1.26. The molecule has 0 aliphatic carbocycles. The van der Waals surface area contributed by atoms with E-state index in [2.05, 4.69) is 0 Å². The van der Waals surface area contributed by atoms with Crippen molar-refractivity contribution in [3.63, 3.8) is 0 Å². The Balaban J connectivity index is 1.71. The highest BCUT2D eigenvalue weighted by molar-refractivity contribution is 7.99. The van der Waals surface area contributed by atoms with Gasteiger partial charge in [-0.1, -0.05) is 11.8 Å². The van der Waals surface area contributed by atoms with Crippen LogP contribution in [0.2, 0.25) is 0 Å². The Hall–Kier alpha value is -1.03. The molecule has 30 heavy (non-hydrogen) atoms. The van der Waals surface area contributed by atoms with Crippen molar-refractivity contribution in [2.75, 3.05) is 13.2 Å². The summed E-state index contributed by atoms with van der Waals surface area (Å²) < 4.78 is 16.4. The average Bonchev–Trinajstić information content (AvgIpc) is 2.74. The summed E-state index contributed by atoms with van der Waals surface area (Å²) in [6, 6.07) is 6.07. The van der Waals surface area contributed by atoms with Gasteiger partial charge in [0.05, 0.1) is 13.2 Å². The van der Waals surface area contributed by atoms with Crippen molar-refractivity contribution in [2.24, 2.45) is 0 Å². The van der Waals surface area contributed by atoms with E-state index in [1.165, 1.54) is 12.1 Å². The number of ether oxygens (including phenoxy) is 3. The lowest BCUT2D eigenvalue weighted by molar-refractivity contribution is -0.338. The molecule has 11 nitrogen and oxygen atoms in total. The number of phenols is 1. The zero-order valence-corrected chi connectivity index (χ0v) is 16.5. The number of benzene rings is 1. The Morgan fingerprint density at radius 3 is 2.00 bits per heavy atom. The summed E-state index contributed by atoms with van der Waals surface area (Å²) in [7, 11) is 0. The van der Waals surface area contributed by atoms with E-state index in [9.17, 15) is 40.9 Å². The van der Waals surface area contributed by atoms with Crippen molar-refractivity contribution < 1.29 is 55.1 Å². The van der Waals surface area contributed by atoms with Gasteiger partial charge in [0.15, 0.2) is 6.29 Å². The highest BCUT2D eigenvalue weighted by Crippen LogP contribution is 2.36. The second-order valence-electron chi connectivity index (χ2n) is 7.12. The zero-order valence-electron chi connectivity index (χ0n) is 15.7. The normalized spacial score (nSPS) is 42.2. The van der Waals surface area contributed by atoms with E-state index in [0.29, 0.717) is 4.90 Å². The molecule has 0 saturated carbocycles. The molecule has 0 radical (unpaired) electrons. The van der Waals surface area contributed by atoms with Gasteiger partial charge in [0, 0.05) is 4.90 Å². The van der Waals surface area contributed by atoms with Crippen LogP contribution in [0.15, 0.2) is 29.2 Å². The van der Waals surface area contributed by atoms with Crippen LogP contribution in [-0.2, 0) is 14.2 Å². The van der Waals surface area contributed by atoms with Gasteiger partial charge in [0.1, 0.15) is 60.0 Å². The summed E-state index contributed by atoms with van der Waals surface area (Å²) in [5.41, 5.74) is -0.976. The van der Waals surface area contributed by atoms with E-state index in [4.69, 9.17) is 14.2 Å². The number of aliphatic hydroxyl groups excluding tert-OH is 7. The molecule has 1 aromatic rings. The van der Waals surface area contributed by atoms with E-state index in [1.807, 2.05) is 0 Å². The van der Waals surface area contributed by atoms with Crippen LogP contribution in [0.3, 0.4) is 0 Å². The summed E-state index contributed by atoms with van der Waals surface area (Å²) in [5, 5.41) is 79.2. The van der Waals surface area contributed by atoms with Crippen LogP contribution in [0.1, 0.15) is 0 Å². The lowest BCUT2D eigenvalue weighted by Crippen LogP contribution is -2.64. The van der Waals surface area contributed by atoms with E-state index >= 15 is 0 Å². The van der Waals surface area contributed by atoms with Crippen molar-refractivity contribution in [2.45, 2.75) is 65.5 Å². The Labute approximate surface area is 176 Å². The van der Waals surface area contributed by atoms with Crippen LogP contribution in [0.5, 0.6) is 5.75 Å². The maximum atomic E-state index is 10.6.